The number of nitrogens with one attached hydrogen (secondary N) is 2. The van der Waals surface area contributed by atoms with E-state index in [-0.39, 0.29) is 29.1 Å². The van der Waals surface area contributed by atoms with Crippen molar-refractivity contribution in [3.63, 3.8) is 0 Å². The molecule has 1 aromatic rings. The first-order valence-corrected chi connectivity index (χ1v) is 7.49. The highest BCUT2D eigenvalue weighted by Crippen LogP contribution is 2.20. The van der Waals surface area contributed by atoms with Crippen LogP contribution in [0.4, 0.5) is 5.69 Å². The van der Waals surface area contributed by atoms with Crippen molar-refractivity contribution < 1.29 is 9.59 Å². The van der Waals surface area contributed by atoms with Gasteiger partial charge in [0, 0.05) is 25.2 Å². The van der Waals surface area contributed by atoms with E-state index in [0.717, 1.165) is 32.1 Å². The fourth-order valence-electron chi connectivity index (χ4n) is 3.05. The van der Waals surface area contributed by atoms with Gasteiger partial charge in [0.15, 0.2) is 0 Å². The molecule has 21 heavy (non-hydrogen) atoms. The summed E-state index contributed by atoms with van der Waals surface area (Å²) in [5, 5.41) is 2.98. The van der Waals surface area contributed by atoms with Crippen molar-refractivity contribution in [2.75, 3.05) is 11.4 Å². The van der Waals surface area contributed by atoms with Gasteiger partial charge in [0.05, 0.1) is 5.56 Å². The van der Waals surface area contributed by atoms with Crippen molar-refractivity contribution in [3.05, 3.63) is 28.2 Å². The average Bonchev–Trinajstić information content (AvgIpc) is 3.11. The number of hydrogen-bond donors (Lipinski definition) is 2. The van der Waals surface area contributed by atoms with E-state index in [0.29, 0.717) is 18.5 Å². The Hall–Kier alpha value is -2.11. The molecule has 2 N–H and O–H groups in total. The molecule has 1 saturated heterocycles. The number of H-pyrrole nitrogens is 1. The molecule has 3 rings (SSSR count). The van der Waals surface area contributed by atoms with Gasteiger partial charge in [0.2, 0.25) is 5.91 Å². The van der Waals surface area contributed by atoms with Crippen LogP contribution in [0.15, 0.2) is 17.1 Å². The molecule has 0 unspecified atom stereocenters. The van der Waals surface area contributed by atoms with E-state index in [2.05, 4.69) is 10.3 Å². The van der Waals surface area contributed by atoms with Crippen LogP contribution in [-0.2, 0) is 4.79 Å². The van der Waals surface area contributed by atoms with Gasteiger partial charge in [-0.15, -0.1) is 0 Å². The highest BCUT2D eigenvalue weighted by molar-refractivity contribution is 5.98. The Balaban J connectivity index is 1.81. The Morgan fingerprint density at radius 2 is 2.00 bits per heavy atom. The molecule has 0 aromatic carbocycles. The van der Waals surface area contributed by atoms with Gasteiger partial charge in [0.1, 0.15) is 5.69 Å². The first-order valence-electron chi connectivity index (χ1n) is 7.49. The molecule has 1 saturated carbocycles. The van der Waals surface area contributed by atoms with Gasteiger partial charge in [-0.1, -0.05) is 12.8 Å². The number of carbonyl (C=O) groups is 2. The normalized spacial score (nSPS) is 19.2. The first kappa shape index (κ1) is 13.9. The van der Waals surface area contributed by atoms with Crippen molar-refractivity contribution in [2.45, 2.75) is 44.6 Å². The third kappa shape index (κ3) is 2.84. The largest absolute Gasteiger partial charge is 0.349 e. The number of rotatable bonds is 3. The molecule has 0 atom stereocenters. The van der Waals surface area contributed by atoms with Crippen LogP contribution in [0.2, 0.25) is 0 Å². The lowest BCUT2D eigenvalue weighted by Gasteiger charge is -2.16. The standard InChI is InChI=1S/C15H19N3O3/c19-13-6-3-7-18(13)12-8-10(9-16-15(12)21)14(20)17-11-4-1-2-5-11/h8-9,11H,1-7H2,(H,16,21)(H,17,20). The number of nitrogens with zero attached hydrogens (tertiary/aromatic N) is 1. The molecule has 0 bridgehead atoms. The topological polar surface area (TPSA) is 82.3 Å². The molecule has 1 aromatic heterocycles. The van der Waals surface area contributed by atoms with E-state index in [9.17, 15) is 14.4 Å². The van der Waals surface area contributed by atoms with Crippen molar-refractivity contribution in [3.8, 4) is 0 Å². The summed E-state index contributed by atoms with van der Waals surface area (Å²) in [5.41, 5.74) is 0.343. The lowest BCUT2D eigenvalue weighted by Crippen LogP contribution is -2.34. The number of aromatic amines is 1. The van der Waals surface area contributed by atoms with Gasteiger partial charge < -0.3 is 15.2 Å². The predicted octanol–water partition coefficient (Wildman–Crippen LogP) is 1.17. The lowest BCUT2D eigenvalue weighted by atomic mass is 10.2. The van der Waals surface area contributed by atoms with E-state index in [1.54, 1.807) is 0 Å². The van der Waals surface area contributed by atoms with Gasteiger partial charge >= 0.3 is 0 Å². The van der Waals surface area contributed by atoms with Crippen molar-refractivity contribution in [1.82, 2.24) is 10.3 Å². The third-order valence-electron chi connectivity index (χ3n) is 4.20. The van der Waals surface area contributed by atoms with Crippen LogP contribution in [0.3, 0.4) is 0 Å². The quantitative estimate of drug-likeness (QED) is 0.876. The number of pyridine rings is 1. The average molecular weight is 289 g/mol. The van der Waals surface area contributed by atoms with Crippen molar-refractivity contribution >= 4 is 17.5 Å². The maximum atomic E-state index is 12.2. The molecular formula is C15H19N3O3. The summed E-state index contributed by atoms with van der Waals surface area (Å²) in [5.74, 6) is -0.250. The molecular weight excluding hydrogens is 270 g/mol. The van der Waals surface area contributed by atoms with Gasteiger partial charge in [-0.3, -0.25) is 14.4 Å². The summed E-state index contributed by atoms with van der Waals surface area (Å²) in [4.78, 5) is 39.9. The van der Waals surface area contributed by atoms with Crippen LogP contribution in [0, 0.1) is 0 Å². The zero-order valence-corrected chi connectivity index (χ0v) is 11.9. The van der Waals surface area contributed by atoms with E-state index in [1.807, 2.05) is 0 Å². The van der Waals surface area contributed by atoms with Crippen molar-refractivity contribution in [1.29, 1.82) is 0 Å². The third-order valence-corrected chi connectivity index (χ3v) is 4.20. The van der Waals surface area contributed by atoms with E-state index in [4.69, 9.17) is 0 Å². The summed E-state index contributed by atoms with van der Waals surface area (Å²) in [6.45, 7) is 0.537. The Labute approximate surface area is 122 Å². The van der Waals surface area contributed by atoms with Gasteiger partial charge in [0.25, 0.3) is 11.5 Å². The smallest absolute Gasteiger partial charge is 0.271 e. The van der Waals surface area contributed by atoms with E-state index in [1.165, 1.54) is 17.2 Å². The minimum atomic E-state index is -0.331. The number of amides is 2. The maximum absolute atomic E-state index is 12.2. The predicted molar refractivity (Wildman–Crippen MR) is 78.4 cm³/mol. The highest BCUT2D eigenvalue weighted by Gasteiger charge is 2.25. The maximum Gasteiger partial charge on any atom is 0.271 e. The molecule has 6 nitrogen and oxygen atoms in total. The summed E-state index contributed by atoms with van der Waals surface area (Å²) < 4.78 is 0. The van der Waals surface area contributed by atoms with E-state index >= 15 is 0 Å². The molecule has 2 heterocycles. The monoisotopic (exact) mass is 289 g/mol. The Morgan fingerprint density at radius 3 is 2.67 bits per heavy atom. The van der Waals surface area contributed by atoms with Crippen LogP contribution < -0.4 is 15.8 Å². The first-order chi connectivity index (χ1) is 10.1. The summed E-state index contributed by atoms with van der Waals surface area (Å²) in [6.07, 6.45) is 6.92. The second-order valence-corrected chi connectivity index (χ2v) is 5.71. The van der Waals surface area contributed by atoms with Crippen LogP contribution in [-0.4, -0.2) is 29.4 Å². The second kappa shape index (κ2) is 5.71. The molecule has 0 radical (unpaired) electrons. The van der Waals surface area contributed by atoms with Crippen LogP contribution in [0.5, 0.6) is 0 Å². The zero-order chi connectivity index (χ0) is 14.8. The van der Waals surface area contributed by atoms with Gasteiger partial charge in [-0.2, -0.15) is 0 Å². The molecule has 0 spiro atoms. The van der Waals surface area contributed by atoms with Gasteiger partial charge in [-0.05, 0) is 25.3 Å². The van der Waals surface area contributed by atoms with Crippen LogP contribution >= 0.6 is 0 Å². The number of carbonyl (C=O) groups excluding carboxylic acids is 2. The number of anilines is 1. The fourth-order valence-corrected chi connectivity index (χ4v) is 3.05. The molecule has 1 aliphatic carbocycles. The molecule has 112 valence electrons. The summed E-state index contributed by atoms with van der Waals surface area (Å²) in [6, 6.07) is 1.74. The molecule has 1 aliphatic heterocycles. The molecule has 6 heteroatoms. The summed E-state index contributed by atoms with van der Waals surface area (Å²) >= 11 is 0. The van der Waals surface area contributed by atoms with Crippen LogP contribution in [0.25, 0.3) is 0 Å². The summed E-state index contributed by atoms with van der Waals surface area (Å²) in [7, 11) is 0. The molecule has 2 aliphatic rings. The number of aromatic nitrogens is 1. The molecule has 2 fully saturated rings. The Bertz CT molecular complexity index is 617. The molecule has 2 amide bonds. The zero-order valence-electron chi connectivity index (χ0n) is 11.9. The second-order valence-electron chi connectivity index (χ2n) is 5.71. The number of hydrogen-bond acceptors (Lipinski definition) is 3. The van der Waals surface area contributed by atoms with Crippen molar-refractivity contribution in [2.24, 2.45) is 0 Å². The van der Waals surface area contributed by atoms with E-state index < -0.39 is 0 Å². The SMILES string of the molecule is O=C(NC1CCCC1)c1c[nH]c(=O)c(N2CCCC2=O)c1. The Morgan fingerprint density at radius 1 is 1.24 bits per heavy atom. The lowest BCUT2D eigenvalue weighted by molar-refractivity contribution is -0.117. The van der Waals surface area contributed by atoms with Gasteiger partial charge in [-0.25, -0.2) is 0 Å². The fraction of sp³-hybridized carbons (Fsp3) is 0.533. The minimum absolute atomic E-state index is 0.0612. The highest BCUT2D eigenvalue weighted by atomic mass is 16.2. The minimum Gasteiger partial charge on any atom is -0.349 e. The Kier molecular flexibility index (Phi) is 3.77. The van der Waals surface area contributed by atoms with Crippen LogP contribution in [0.1, 0.15) is 48.9 Å².